The van der Waals surface area contributed by atoms with Gasteiger partial charge in [0.1, 0.15) is 0 Å². The lowest BCUT2D eigenvalue weighted by Gasteiger charge is -2.27. The number of carbonyl (C=O) groups is 4. The highest BCUT2D eigenvalue weighted by molar-refractivity contribution is 7.18. The second-order valence-electron chi connectivity index (χ2n) is 8.77. The van der Waals surface area contributed by atoms with Crippen LogP contribution in [0.15, 0.2) is 42.5 Å². The van der Waals surface area contributed by atoms with Gasteiger partial charge in [-0.15, -0.1) is 11.3 Å². The Bertz CT molecular complexity index is 1020. The number of nitrogens with zero attached hydrogens (tertiary/aromatic N) is 1. The monoisotopic (exact) mass is 500 g/mol. The van der Waals surface area contributed by atoms with Crippen molar-refractivity contribution in [2.75, 3.05) is 25.5 Å². The first-order chi connectivity index (χ1) is 16.8. The molecular weight excluding hydrogens is 468 g/mol. The minimum absolute atomic E-state index is 0.0615. The Labute approximate surface area is 208 Å². The quantitative estimate of drug-likeness (QED) is 0.397. The van der Waals surface area contributed by atoms with E-state index in [1.165, 1.54) is 11.9 Å². The molecule has 10 heteroatoms. The van der Waals surface area contributed by atoms with Gasteiger partial charge in [-0.1, -0.05) is 49.6 Å². The van der Waals surface area contributed by atoms with Crippen LogP contribution in [0, 0.1) is 11.8 Å². The van der Waals surface area contributed by atoms with Gasteiger partial charge in [-0.05, 0) is 36.5 Å². The molecule has 1 heterocycles. The summed E-state index contributed by atoms with van der Waals surface area (Å²) in [4.78, 5) is 50.5. The summed E-state index contributed by atoms with van der Waals surface area (Å²) in [6.07, 6.45) is 4.90. The van der Waals surface area contributed by atoms with Gasteiger partial charge in [0.05, 0.1) is 22.3 Å². The Balaban J connectivity index is 1.44. The number of thiophene rings is 1. The van der Waals surface area contributed by atoms with E-state index in [-0.39, 0.29) is 30.9 Å². The Morgan fingerprint density at radius 3 is 2.43 bits per heavy atom. The second kappa shape index (κ2) is 12.9. The average molecular weight is 501 g/mol. The Morgan fingerprint density at radius 1 is 1.03 bits per heavy atom. The van der Waals surface area contributed by atoms with Gasteiger partial charge in [0.25, 0.3) is 5.91 Å². The number of carboxylic acid groups (broad SMARTS) is 1. The molecule has 0 aliphatic heterocycles. The number of rotatable bonds is 10. The standard InChI is InChI=1S/C25H32N4O5S/c1-29(16-21(30)26-15-19(24(32)33)18-10-6-3-7-11-18)23(31)20-12-13-22(35-20)28-25(34)27-14-17-8-4-2-5-9-17/h2,4-5,8-9,12-13,18-19H,3,6-7,10-11,14-16H2,1H3,(H,26,30)(H,32,33)(H2,27,28,34). The molecule has 1 aliphatic rings. The Hall–Kier alpha value is -3.40. The first-order valence-electron chi connectivity index (χ1n) is 11.8. The molecule has 2 aromatic rings. The van der Waals surface area contributed by atoms with Crippen LogP contribution in [0.3, 0.4) is 0 Å². The third kappa shape index (κ3) is 8.10. The van der Waals surface area contributed by atoms with Gasteiger partial charge in [0.2, 0.25) is 5.91 Å². The molecule has 3 rings (SSSR count). The fourth-order valence-corrected chi connectivity index (χ4v) is 5.10. The summed E-state index contributed by atoms with van der Waals surface area (Å²) >= 11 is 1.11. The third-order valence-corrected chi connectivity index (χ3v) is 7.12. The lowest BCUT2D eigenvalue weighted by Crippen LogP contribution is -2.42. The number of aliphatic carboxylic acids is 1. The van der Waals surface area contributed by atoms with Crippen molar-refractivity contribution in [3.63, 3.8) is 0 Å². The van der Waals surface area contributed by atoms with Gasteiger partial charge in [-0.2, -0.15) is 0 Å². The summed E-state index contributed by atoms with van der Waals surface area (Å²) in [5.74, 6) is -2.20. The number of hydrogen-bond donors (Lipinski definition) is 4. The normalized spacial score (nSPS) is 14.5. The second-order valence-corrected chi connectivity index (χ2v) is 9.85. The van der Waals surface area contributed by atoms with E-state index in [0.717, 1.165) is 49.0 Å². The van der Waals surface area contributed by atoms with Crippen LogP contribution in [0.2, 0.25) is 0 Å². The average Bonchev–Trinajstić information content (AvgIpc) is 3.31. The zero-order valence-electron chi connectivity index (χ0n) is 19.8. The molecule has 1 aliphatic carbocycles. The molecule has 0 bridgehead atoms. The summed E-state index contributed by atoms with van der Waals surface area (Å²) in [5.41, 5.74) is 0.970. The minimum Gasteiger partial charge on any atom is -0.481 e. The van der Waals surface area contributed by atoms with Crippen molar-refractivity contribution in [2.45, 2.75) is 38.6 Å². The maximum Gasteiger partial charge on any atom is 0.320 e. The number of hydrogen-bond acceptors (Lipinski definition) is 5. The molecule has 1 atom stereocenters. The number of benzene rings is 1. The highest BCUT2D eigenvalue weighted by Gasteiger charge is 2.30. The van der Waals surface area contributed by atoms with E-state index in [2.05, 4.69) is 16.0 Å². The lowest BCUT2D eigenvalue weighted by atomic mass is 9.80. The van der Waals surface area contributed by atoms with E-state index in [0.29, 0.717) is 16.4 Å². The fraction of sp³-hybridized carbons (Fsp3) is 0.440. The molecule has 0 radical (unpaired) electrons. The summed E-state index contributed by atoms with van der Waals surface area (Å²) in [6.45, 7) is 0.255. The van der Waals surface area contributed by atoms with Crippen LogP contribution in [0.1, 0.15) is 47.3 Å². The van der Waals surface area contributed by atoms with E-state index in [1.807, 2.05) is 30.3 Å². The number of carbonyl (C=O) groups excluding carboxylic acids is 3. The molecule has 1 unspecified atom stereocenters. The molecule has 1 saturated carbocycles. The Morgan fingerprint density at radius 2 is 1.74 bits per heavy atom. The van der Waals surface area contributed by atoms with Crippen LogP contribution in [0.5, 0.6) is 0 Å². The maximum absolute atomic E-state index is 12.7. The first kappa shape index (κ1) is 26.2. The van der Waals surface area contributed by atoms with E-state index in [4.69, 9.17) is 0 Å². The molecule has 9 nitrogen and oxygen atoms in total. The largest absolute Gasteiger partial charge is 0.481 e. The highest BCUT2D eigenvalue weighted by atomic mass is 32.1. The zero-order valence-corrected chi connectivity index (χ0v) is 20.6. The number of likely N-dealkylation sites (N-methyl/N-ethyl adjacent to an activating group) is 1. The lowest BCUT2D eigenvalue weighted by molar-refractivity contribution is -0.144. The summed E-state index contributed by atoms with van der Waals surface area (Å²) in [7, 11) is 1.51. The Kier molecular flexibility index (Phi) is 9.66. The van der Waals surface area contributed by atoms with Crippen molar-refractivity contribution in [1.82, 2.24) is 15.5 Å². The molecule has 4 N–H and O–H groups in total. The van der Waals surface area contributed by atoms with Crippen LogP contribution in [-0.4, -0.2) is 54.0 Å². The van der Waals surface area contributed by atoms with Crippen LogP contribution in [-0.2, 0) is 16.1 Å². The van der Waals surface area contributed by atoms with Gasteiger partial charge in [-0.3, -0.25) is 19.7 Å². The third-order valence-electron chi connectivity index (χ3n) is 6.13. The SMILES string of the molecule is CN(CC(=O)NCC(C(=O)O)C1CCCCC1)C(=O)c1ccc(NC(=O)NCc2ccccc2)s1. The molecule has 188 valence electrons. The van der Waals surface area contributed by atoms with E-state index in [1.54, 1.807) is 12.1 Å². The first-order valence-corrected chi connectivity index (χ1v) is 12.6. The predicted molar refractivity (Wildman–Crippen MR) is 134 cm³/mol. The van der Waals surface area contributed by atoms with Crippen molar-refractivity contribution < 1.29 is 24.3 Å². The van der Waals surface area contributed by atoms with E-state index in [9.17, 15) is 24.3 Å². The van der Waals surface area contributed by atoms with Crippen LogP contribution >= 0.6 is 11.3 Å². The van der Waals surface area contributed by atoms with Crippen molar-refractivity contribution in [2.24, 2.45) is 11.8 Å². The molecule has 1 aromatic carbocycles. The number of amides is 4. The summed E-state index contributed by atoms with van der Waals surface area (Å²) in [6, 6.07) is 12.4. The molecule has 0 spiro atoms. The minimum atomic E-state index is -0.895. The molecule has 1 aromatic heterocycles. The summed E-state index contributed by atoms with van der Waals surface area (Å²) in [5, 5.41) is 18.2. The molecule has 1 fully saturated rings. The van der Waals surface area contributed by atoms with Crippen LogP contribution in [0.25, 0.3) is 0 Å². The van der Waals surface area contributed by atoms with Crippen molar-refractivity contribution in [3.05, 3.63) is 52.9 Å². The molecular formula is C25H32N4O5S. The smallest absolute Gasteiger partial charge is 0.320 e. The van der Waals surface area contributed by atoms with E-state index >= 15 is 0 Å². The van der Waals surface area contributed by atoms with Crippen molar-refractivity contribution in [3.8, 4) is 0 Å². The fourth-order valence-electron chi connectivity index (χ4n) is 4.20. The molecule has 0 saturated heterocycles. The zero-order chi connectivity index (χ0) is 25.2. The predicted octanol–water partition coefficient (Wildman–Crippen LogP) is 3.54. The topological polar surface area (TPSA) is 128 Å². The van der Waals surface area contributed by atoms with Gasteiger partial charge in [-0.25, -0.2) is 4.79 Å². The number of carboxylic acids is 1. The van der Waals surface area contributed by atoms with Gasteiger partial charge >= 0.3 is 12.0 Å². The number of nitrogens with one attached hydrogen (secondary N) is 3. The van der Waals surface area contributed by atoms with Crippen LogP contribution < -0.4 is 16.0 Å². The summed E-state index contributed by atoms with van der Waals surface area (Å²) < 4.78 is 0. The number of urea groups is 1. The van der Waals surface area contributed by atoms with Gasteiger partial charge in [0, 0.05) is 20.1 Å². The number of anilines is 1. The van der Waals surface area contributed by atoms with Crippen molar-refractivity contribution >= 4 is 40.2 Å². The van der Waals surface area contributed by atoms with Gasteiger partial charge < -0.3 is 20.6 Å². The van der Waals surface area contributed by atoms with Crippen LogP contribution in [0.4, 0.5) is 9.80 Å². The van der Waals surface area contributed by atoms with Crippen molar-refractivity contribution in [1.29, 1.82) is 0 Å². The molecule has 35 heavy (non-hydrogen) atoms. The van der Waals surface area contributed by atoms with E-state index < -0.39 is 17.8 Å². The molecule has 4 amide bonds. The maximum atomic E-state index is 12.7. The van der Waals surface area contributed by atoms with Gasteiger partial charge in [0.15, 0.2) is 0 Å². The highest BCUT2D eigenvalue weighted by Crippen LogP contribution is 2.30.